The summed E-state index contributed by atoms with van der Waals surface area (Å²) in [6.07, 6.45) is -1.13. The predicted molar refractivity (Wildman–Crippen MR) is 36.5 cm³/mol. The average molecular weight is 165 g/mol. The maximum absolute atomic E-state index is 9.83. The van der Waals surface area contributed by atoms with Crippen molar-refractivity contribution < 1.29 is 19.8 Å². The summed E-state index contributed by atoms with van der Waals surface area (Å²) >= 11 is 0.664. The molecular formula is C4H7NO4S. The zero-order valence-electron chi connectivity index (χ0n) is 5.03. The fourth-order valence-corrected chi connectivity index (χ4v) is 0.675. The molecule has 0 rings (SSSR count). The molecule has 0 saturated heterocycles. The Morgan fingerprint density at radius 2 is 2.00 bits per heavy atom. The Hall–Kier alpha value is -0.910. The fourth-order valence-electron chi connectivity index (χ4n) is 0.296. The average Bonchev–Trinajstić information content (AvgIpc) is 1.79. The van der Waals surface area contributed by atoms with E-state index >= 15 is 0 Å². The van der Waals surface area contributed by atoms with Gasteiger partial charge in [-0.05, 0) is 11.8 Å². The molecule has 0 bridgehead atoms. The molecule has 0 aromatic rings. The minimum absolute atomic E-state index is 0.159. The van der Waals surface area contributed by atoms with Gasteiger partial charge in [0.05, 0.1) is 0 Å². The molecule has 0 saturated carbocycles. The summed E-state index contributed by atoms with van der Waals surface area (Å²) in [4.78, 5) is 19.6. The van der Waals surface area contributed by atoms with Crippen molar-refractivity contribution in [2.75, 3.05) is 12.3 Å². The van der Waals surface area contributed by atoms with E-state index in [1.165, 1.54) is 0 Å². The quantitative estimate of drug-likeness (QED) is 0.535. The van der Waals surface area contributed by atoms with Crippen molar-refractivity contribution in [2.45, 2.75) is 0 Å². The summed E-state index contributed by atoms with van der Waals surface area (Å²) in [7, 11) is 0. The smallest absolute Gasteiger partial charge is 0.404 e. The first-order valence-corrected chi connectivity index (χ1v) is 3.44. The molecule has 0 aliphatic heterocycles. The lowest BCUT2D eigenvalue weighted by molar-refractivity contribution is 0.195. The fraction of sp³-hybridized carbons (Fsp3) is 0.500. The highest BCUT2D eigenvalue weighted by Gasteiger charge is 1.97. The lowest BCUT2D eigenvalue weighted by Gasteiger charge is -1.95. The molecular weight excluding hydrogens is 158 g/mol. The number of hydrogen-bond donors (Lipinski definition) is 3. The van der Waals surface area contributed by atoms with Crippen molar-refractivity contribution in [3.8, 4) is 0 Å². The van der Waals surface area contributed by atoms with Gasteiger partial charge in [-0.1, -0.05) is 0 Å². The van der Waals surface area contributed by atoms with Crippen molar-refractivity contribution in [3.05, 3.63) is 0 Å². The van der Waals surface area contributed by atoms with E-state index in [-0.39, 0.29) is 12.3 Å². The number of hydrogen-bond acceptors (Lipinski definition) is 3. The zero-order chi connectivity index (χ0) is 7.98. The van der Waals surface area contributed by atoms with Gasteiger partial charge in [0, 0.05) is 12.3 Å². The van der Waals surface area contributed by atoms with Crippen molar-refractivity contribution in [3.63, 3.8) is 0 Å². The lowest BCUT2D eigenvalue weighted by atomic mass is 10.7. The lowest BCUT2D eigenvalue weighted by Crippen LogP contribution is -2.23. The number of amides is 1. The Balaban J connectivity index is 3.06. The molecule has 5 nitrogen and oxygen atoms in total. The third kappa shape index (κ3) is 7.09. The van der Waals surface area contributed by atoms with Gasteiger partial charge >= 0.3 is 11.4 Å². The van der Waals surface area contributed by atoms with Gasteiger partial charge in [0.25, 0.3) is 0 Å². The first kappa shape index (κ1) is 9.09. The van der Waals surface area contributed by atoms with Gasteiger partial charge in [-0.25, -0.2) is 9.59 Å². The summed E-state index contributed by atoms with van der Waals surface area (Å²) in [6, 6.07) is 0. The number of carbonyl (C=O) groups is 2. The maximum atomic E-state index is 9.83. The summed E-state index contributed by atoms with van der Waals surface area (Å²) in [5.74, 6) is 0.252. The monoisotopic (exact) mass is 165 g/mol. The van der Waals surface area contributed by atoms with E-state index < -0.39 is 11.4 Å². The number of rotatable bonds is 3. The molecule has 0 aliphatic carbocycles. The summed E-state index contributed by atoms with van der Waals surface area (Å²) in [6.45, 7) is 0.159. The van der Waals surface area contributed by atoms with E-state index in [2.05, 4.69) is 0 Å². The minimum Gasteiger partial charge on any atom is -0.473 e. The molecule has 0 radical (unpaired) electrons. The Labute approximate surface area is 61.4 Å². The third-order valence-electron chi connectivity index (χ3n) is 0.604. The van der Waals surface area contributed by atoms with Crippen LogP contribution in [-0.2, 0) is 0 Å². The van der Waals surface area contributed by atoms with Crippen molar-refractivity contribution >= 4 is 23.2 Å². The largest absolute Gasteiger partial charge is 0.473 e. The highest BCUT2D eigenvalue weighted by Crippen LogP contribution is 1.97. The maximum Gasteiger partial charge on any atom is 0.404 e. The molecule has 3 N–H and O–H groups in total. The van der Waals surface area contributed by atoms with E-state index in [4.69, 9.17) is 10.2 Å². The standard InChI is InChI=1S/C4H7NO4S/c6-3(7)5-1-2-10-4(8)9/h5H,1-2H2,(H,6,7)(H,8,9). The third-order valence-corrected chi connectivity index (χ3v) is 1.26. The number of thioether (sulfide) groups is 1. The van der Waals surface area contributed by atoms with Crippen molar-refractivity contribution in [2.24, 2.45) is 0 Å². The van der Waals surface area contributed by atoms with E-state index in [1.54, 1.807) is 0 Å². The van der Waals surface area contributed by atoms with Crippen LogP contribution < -0.4 is 5.32 Å². The van der Waals surface area contributed by atoms with Crippen LogP contribution in [0.5, 0.6) is 0 Å². The summed E-state index contributed by atoms with van der Waals surface area (Å²) < 4.78 is 0. The normalized spacial score (nSPS) is 8.80. The van der Waals surface area contributed by atoms with E-state index in [9.17, 15) is 9.59 Å². The topological polar surface area (TPSA) is 86.6 Å². The van der Waals surface area contributed by atoms with Crippen LogP contribution in [0.1, 0.15) is 0 Å². The molecule has 0 unspecified atom stereocenters. The van der Waals surface area contributed by atoms with Crippen LogP contribution in [0.4, 0.5) is 9.59 Å². The van der Waals surface area contributed by atoms with E-state index in [0.717, 1.165) is 0 Å². The first-order chi connectivity index (χ1) is 4.63. The molecule has 6 heteroatoms. The van der Waals surface area contributed by atoms with Gasteiger partial charge < -0.3 is 15.5 Å². The molecule has 1 amide bonds. The second-order valence-corrected chi connectivity index (χ2v) is 2.39. The minimum atomic E-state index is -1.13. The molecule has 0 atom stereocenters. The summed E-state index contributed by atoms with van der Waals surface area (Å²) in [5.41, 5.74) is 0. The first-order valence-electron chi connectivity index (χ1n) is 2.45. The van der Waals surface area contributed by atoms with Crippen LogP contribution in [0, 0.1) is 0 Å². The zero-order valence-corrected chi connectivity index (χ0v) is 5.85. The molecule has 10 heavy (non-hydrogen) atoms. The van der Waals surface area contributed by atoms with Gasteiger partial charge in [0.1, 0.15) is 0 Å². The van der Waals surface area contributed by atoms with Crippen LogP contribution in [-0.4, -0.2) is 33.9 Å². The molecule has 0 aromatic heterocycles. The molecule has 0 heterocycles. The highest BCUT2D eigenvalue weighted by atomic mass is 32.2. The molecule has 0 aromatic carbocycles. The highest BCUT2D eigenvalue weighted by molar-refractivity contribution is 8.13. The van der Waals surface area contributed by atoms with Gasteiger partial charge in [-0.2, -0.15) is 0 Å². The second-order valence-electron chi connectivity index (χ2n) is 1.35. The Morgan fingerprint density at radius 1 is 1.40 bits per heavy atom. The van der Waals surface area contributed by atoms with Crippen LogP contribution >= 0.6 is 11.8 Å². The van der Waals surface area contributed by atoms with Crippen LogP contribution in [0.15, 0.2) is 0 Å². The van der Waals surface area contributed by atoms with Crippen molar-refractivity contribution in [1.82, 2.24) is 5.32 Å². The Bertz CT molecular complexity index is 121. The number of carboxylic acid groups (broad SMARTS) is 2. The summed E-state index contributed by atoms with van der Waals surface area (Å²) in [5, 5.41) is 17.1. The second kappa shape index (κ2) is 4.92. The molecule has 58 valence electrons. The predicted octanol–water partition coefficient (Wildman–Crippen LogP) is 0.665. The van der Waals surface area contributed by atoms with Crippen LogP contribution in [0.25, 0.3) is 0 Å². The molecule has 0 fully saturated rings. The Kier molecular flexibility index (Phi) is 4.47. The van der Waals surface area contributed by atoms with Gasteiger partial charge in [0.2, 0.25) is 0 Å². The Morgan fingerprint density at radius 3 is 2.40 bits per heavy atom. The number of nitrogens with one attached hydrogen (secondary N) is 1. The molecule has 0 spiro atoms. The van der Waals surface area contributed by atoms with E-state index in [1.807, 2.05) is 5.32 Å². The van der Waals surface area contributed by atoms with Gasteiger partial charge in [0.15, 0.2) is 0 Å². The van der Waals surface area contributed by atoms with E-state index in [0.29, 0.717) is 11.8 Å². The SMILES string of the molecule is O=C(O)NCCSC(=O)O. The van der Waals surface area contributed by atoms with Gasteiger partial charge in [-0.15, -0.1) is 0 Å². The molecule has 0 aliphatic rings. The van der Waals surface area contributed by atoms with Crippen LogP contribution in [0.3, 0.4) is 0 Å². The van der Waals surface area contributed by atoms with Crippen molar-refractivity contribution in [1.29, 1.82) is 0 Å². The van der Waals surface area contributed by atoms with Crippen LogP contribution in [0.2, 0.25) is 0 Å². The van der Waals surface area contributed by atoms with Gasteiger partial charge in [-0.3, -0.25) is 0 Å².